The summed E-state index contributed by atoms with van der Waals surface area (Å²) in [5.41, 5.74) is 2.11. The lowest BCUT2D eigenvalue weighted by Gasteiger charge is -2.26. The molecule has 1 aromatic rings. The van der Waals surface area contributed by atoms with E-state index in [0.717, 1.165) is 44.2 Å². The highest BCUT2D eigenvalue weighted by Crippen LogP contribution is 2.29. The summed E-state index contributed by atoms with van der Waals surface area (Å²) in [7, 11) is 1.37. The van der Waals surface area contributed by atoms with Crippen molar-refractivity contribution < 1.29 is 19.0 Å². The standard InChI is InChI=1S/C20H29NO4/c1-20(2,3)17-7-5-16(6-8-19(22)23-4)18(15-17)25-14-11-21-9-12-24-13-10-21/h5-8,15H,9-14H2,1-4H3/b8-6+. The van der Waals surface area contributed by atoms with E-state index in [-0.39, 0.29) is 11.4 Å². The first-order valence-corrected chi connectivity index (χ1v) is 8.73. The summed E-state index contributed by atoms with van der Waals surface area (Å²) in [6.45, 7) is 11.4. The monoisotopic (exact) mass is 347 g/mol. The van der Waals surface area contributed by atoms with Gasteiger partial charge in [-0.25, -0.2) is 4.79 Å². The van der Waals surface area contributed by atoms with Gasteiger partial charge in [0.05, 0.1) is 20.3 Å². The molecule has 1 fully saturated rings. The molecule has 0 spiro atoms. The highest BCUT2D eigenvalue weighted by Gasteiger charge is 2.16. The zero-order chi connectivity index (χ0) is 18.3. The lowest BCUT2D eigenvalue weighted by atomic mass is 9.86. The Hall–Kier alpha value is -1.85. The van der Waals surface area contributed by atoms with Crippen LogP contribution in [0.5, 0.6) is 5.75 Å². The Labute approximate surface area is 150 Å². The summed E-state index contributed by atoms with van der Waals surface area (Å²) < 4.78 is 16.1. The molecule has 5 nitrogen and oxygen atoms in total. The number of hydrogen-bond acceptors (Lipinski definition) is 5. The minimum Gasteiger partial charge on any atom is -0.492 e. The molecule has 1 aliphatic heterocycles. The van der Waals surface area contributed by atoms with Crippen LogP contribution in [0.15, 0.2) is 24.3 Å². The fourth-order valence-corrected chi connectivity index (χ4v) is 2.60. The van der Waals surface area contributed by atoms with Gasteiger partial charge in [0.25, 0.3) is 0 Å². The van der Waals surface area contributed by atoms with Crippen LogP contribution in [0.25, 0.3) is 6.08 Å². The molecule has 0 unspecified atom stereocenters. The largest absolute Gasteiger partial charge is 0.492 e. The third-order valence-electron chi connectivity index (χ3n) is 4.25. The predicted molar refractivity (Wildman–Crippen MR) is 98.9 cm³/mol. The third kappa shape index (κ3) is 6.18. The van der Waals surface area contributed by atoms with Crippen LogP contribution in [-0.2, 0) is 19.7 Å². The molecule has 1 saturated heterocycles. The fourth-order valence-electron chi connectivity index (χ4n) is 2.60. The lowest BCUT2D eigenvalue weighted by molar-refractivity contribution is -0.134. The van der Waals surface area contributed by atoms with Crippen LogP contribution in [0.2, 0.25) is 0 Å². The molecule has 0 aliphatic carbocycles. The number of hydrogen-bond donors (Lipinski definition) is 0. The number of carbonyl (C=O) groups is 1. The van der Waals surface area contributed by atoms with E-state index < -0.39 is 0 Å². The second-order valence-corrected chi connectivity index (χ2v) is 7.16. The van der Waals surface area contributed by atoms with Gasteiger partial charge in [0.2, 0.25) is 0 Å². The van der Waals surface area contributed by atoms with Gasteiger partial charge in [-0.15, -0.1) is 0 Å². The number of carbonyl (C=O) groups excluding carboxylic acids is 1. The quantitative estimate of drug-likeness (QED) is 0.585. The molecule has 0 bridgehead atoms. The van der Waals surface area contributed by atoms with Crippen LogP contribution in [0.1, 0.15) is 31.9 Å². The van der Waals surface area contributed by atoms with Gasteiger partial charge < -0.3 is 14.2 Å². The van der Waals surface area contributed by atoms with E-state index in [9.17, 15) is 4.79 Å². The number of rotatable bonds is 6. The molecule has 1 heterocycles. The maximum atomic E-state index is 11.4. The first-order valence-electron chi connectivity index (χ1n) is 8.73. The maximum absolute atomic E-state index is 11.4. The SMILES string of the molecule is COC(=O)/C=C/c1ccc(C(C)(C)C)cc1OCCN1CCOCC1. The predicted octanol–water partition coefficient (Wildman–Crippen LogP) is 2.88. The van der Waals surface area contributed by atoms with Crippen molar-refractivity contribution >= 4 is 12.0 Å². The van der Waals surface area contributed by atoms with Crippen LogP contribution < -0.4 is 4.74 Å². The number of methoxy groups -OCH3 is 1. The molecule has 0 atom stereocenters. The van der Waals surface area contributed by atoms with Crippen molar-refractivity contribution in [2.75, 3.05) is 46.6 Å². The Morgan fingerprint density at radius 2 is 2.00 bits per heavy atom. The van der Waals surface area contributed by atoms with E-state index in [4.69, 9.17) is 9.47 Å². The number of nitrogens with zero attached hydrogens (tertiary/aromatic N) is 1. The lowest BCUT2D eigenvalue weighted by Crippen LogP contribution is -2.38. The van der Waals surface area contributed by atoms with E-state index >= 15 is 0 Å². The third-order valence-corrected chi connectivity index (χ3v) is 4.25. The minimum absolute atomic E-state index is 0.0346. The molecule has 1 aromatic carbocycles. The van der Waals surface area contributed by atoms with Gasteiger partial charge in [-0.3, -0.25) is 4.90 Å². The molecule has 1 aliphatic rings. The normalized spacial score (nSPS) is 16.2. The van der Waals surface area contributed by atoms with E-state index in [1.165, 1.54) is 18.7 Å². The first-order chi connectivity index (χ1) is 11.9. The van der Waals surface area contributed by atoms with Gasteiger partial charge in [0, 0.05) is 31.3 Å². The van der Waals surface area contributed by atoms with Crippen LogP contribution in [0.4, 0.5) is 0 Å². The Balaban J connectivity index is 2.09. The molecule has 0 saturated carbocycles. The van der Waals surface area contributed by atoms with E-state index in [1.54, 1.807) is 6.08 Å². The molecule has 0 amide bonds. The van der Waals surface area contributed by atoms with Crippen molar-refractivity contribution in [3.8, 4) is 5.75 Å². The van der Waals surface area contributed by atoms with Crippen molar-refractivity contribution in [1.29, 1.82) is 0 Å². The number of ether oxygens (including phenoxy) is 3. The summed E-state index contributed by atoms with van der Waals surface area (Å²) in [5, 5.41) is 0. The van der Waals surface area contributed by atoms with Crippen molar-refractivity contribution in [1.82, 2.24) is 4.90 Å². The van der Waals surface area contributed by atoms with Gasteiger partial charge in [-0.2, -0.15) is 0 Å². The van der Waals surface area contributed by atoms with Gasteiger partial charge >= 0.3 is 5.97 Å². The maximum Gasteiger partial charge on any atom is 0.330 e. The Bertz CT molecular complexity index is 598. The molecule has 0 radical (unpaired) electrons. The summed E-state index contributed by atoms with van der Waals surface area (Å²) >= 11 is 0. The summed E-state index contributed by atoms with van der Waals surface area (Å²) in [6.07, 6.45) is 3.16. The molecule has 2 rings (SSSR count). The van der Waals surface area contributed by atoms with Gasteiger partial charge in [-0.1, -0.05) is 32.9 Å². The van der Waals surface area contributed by atoms with Crippen molar-refractivity contribution in [3.63, 3.8) is 0 Å². The summed E-state index contributed by atoms with van der Waals surface area (Å²) in [4.78, 5) is 13.7. The highest BCUT2D eigenvalue weighted by atomic mass is 16.5. The molecule has 0 N–H and O–H groups in total. The molecular weight excluding hydrogens is 318 g/mol. The van der Waals surface area contributed by atoms with Gasteiger partial charge in [0.1, 0.15) is 12.4 Å². The molecule has 138 valence electrons. The van der Waals surface area contributed by atoms with E-state index in [2.05, 4.69) is 42.5 Å². The zero-order valence-corrected chi connectivity index (χ0v) is 15.7. The Morgan fingerprint density at radius 1 is 1.28 bits per heavy atom. The van der Waals surface area contributed by atoms with Crippen molar-refractivity contribution in [2.45, 2.75) is 26.2 Å². The summed E-state index contributed by atoms with van der Waals surface area (Å²) in [5.74, 6) is 0.417. The Kier molecular flexibility index (Phi) is 7.02. The van der Waals surface area contributed by atoms with E-state index in [1.807, 2.05) is 6.07 Å². The Morgan fingerprint density at radius 3 is 2.64 bits per heavy atom. The van der Waals surface area contributed by atoms with Crippen LogP contribution in [0, 0.1) is 0 Å². The molecule has 0 aromatic heterocycles. The van der Waals surface area contributed by atoms with Gasteiger partial charge in [0.15, 0.2) is 0 Å². The smallest absolute Gasteiger partial charge is 0.330 e. The zero-order valence-electron chi connectivity index (χ0n) is 15.7. The van der Waals surface area contributed by atoms with Crippen molar-refractivity contribution in [2.24, 2.45) is 0 Å². The molecule has 25 heavy (non-hydrogen) atoms. The average Bonchev–Trinajstić information content (AvgIpc) is 2.60. The number of morpholine rings is 1. The summed E-state index contributed by atoms with van der Waals surface area (Å²) in [6, 6.07) is 6.13. The average molecular weight is 347 g/mol. The highest BCUT2D eigenvalue weighted by molar-refractivity contribution is 5.87. The molecule has 5 heteroatoms. The minimum atomic E-state index is -0.376. The number of benzene rings is 1. The first kappa shape index (κ1) is 19.5. The van der Waals surface area contributed by atoms with Gasteiger partial charge in [-0.05, 0) is 23.1 Å². The van der Waals surface area contributed by atoms with Crippen LogP contribution in [-0.4, -0.2) is 57.4 Å². The second kappa shape index (κ2) is 9.02. The van der Waals surface area contributed by atoms with Crippen LogP contribution in [0.3, 0.4) is 0 Å². The number of esters is 1. The van der Waals surface area contributed by atoms with Crippen molar-refractivity contribution in [3.05, 3.63) is 35.4 Å². The topological polar surface area (TPSA) is 48.0 Å². The van der Waals surface area contributed by atoms with E-state index in [0.29, 0.717) is 6.61 Å². The van der Waals surface area contributed by atoms with Crippen LogP contribution >= 0.6 is 0 Å². The fraction of sp³-hybridized carbons (Fsp3) is 0.550. The second-order valence-electron chi connectivity index (χ2n) is 7.16. The molecular formula is C20H29NO4.